The van der Waals surface area contributed by atoms with E-state index in [0.717, 1.165) is 0 Å². The smallest absolute Gasteiger partial charge is 0.267 e. The van der Waals surface area contributed by atoms with Crippen LogP contribution in [0.15, 0.2) is 12.2 Å². The Morgan fingerprint density at radius 3 is 2.90 bits per heavy atom. The summed E-state index contributed by atoms with van der Waals surface area (Å²) in [6.45, 7) is 0.678. The summed E-state index contributed by atoms with van der Waals surface area (Å²) in [5, 5.41) is 2.86. The van der Waals surface area contributed by atoms with Crippen molar-refractivity contribution in [1.29, 1.82) is 0 Å². The van der Waals surface area contributed by atoms with Gasteiger partial charge in [0.1, 0.15) is 0 Å². The summed E-state index contributed by atoms with van der Waals surface area (Å²) < 4.78 is 0. The molecule has 4 nitrogen and oxygen atoms in total. The van der Waals surface area contributed by atoms with Crippen LogP contribution in [0.1, 0.15) is 0 Å². The molecule has 0 radical (unpaired) electrons. The van der Waals surface area contributed by atoms with Gasteiger partial charge in [-0.3, -0.25) is 9.63 Å². The van der Waals surface area contributed by atoms with E-state index < -0.39 is 0 Å². The summed E-state index contributed by atoms with van der Waals surface area (Å²) in [4.78, 5) is 14.9. The van der Waals surface area contributed by atoms with Gasteiger partial charge in [-0.15, -0.1) is 0 Å². The molecule has 58 valence electrons. The van der Waals surface area contributed by atoms with E-state index in [1.807, 2.05) is 0 Å². The molecule has 10 heavy (non-hydrogen) atoms. The number of carbonyl (C=O) groups excluding carboxylic acids is 1. The number of hydrogen-bond donors (Lipinski definition) is 2. The number of rotatable bonds is 4. The standard InChI is InChI=1S/C6H12N2O2/c1-7-5-3-4-6(9)8-10-2/h3-4,7H,5H2,1-2H3,(H,8,9)/b4-3+. The zero-order valence-electron chi connectivity index (χ0n) is 6.18. The molecule has 4 heteroatoms. The average molecular weight is 144 g/mol. The van der Waals surface area contributed by atoms with Crippen LogP contribution in [0, 0.1) is 0 Å². The molecule has 0 rings (SSSR count). The maximum absolute atomic E-state index is 10.6. The molecule has 0 aromatic heterocycles. The third-order valence-electron chi connectivity index (χ3n) is 0.794. The lowest BCUT2D eigenvalue weighted by Gasteiger charge is -1.94. The van der Waals surface area contributed by atoms with Gasteiger partial charge >= 0.3 is 0 Å². The quantitative estimate of drug-likeness (QED) is 0.411. The fourth-order valence-corrected chi connectivity index (χ4v) is 0.418. The molecule has 0 aliphatic rings. The first kappa shape index (κ1) is 9.13. The molecule has 0 fully saturated rings. The summed E-state index contributed by atoms with van der Waals surface area (Å²) >= 11 is 0. The second-order valence-corrected chi connectivity index (χ2v) is 1.63. The second-order valence-electron chi connectivity index (χ2n) is 1.63. The Bertz CT molecular complexity index is 123. The van der Waals surface area contributed by atoms with Gasteiger partial charge in [0.15, 0.2) is 0 Å². The van der Waals surface area contributed by atoms with Crippen LogP contribution in [0.3, 0.4) is 0 Å². The van der Waals surface area contributed by atoms with Crippen LogP contribution in [-0.2, 0) is 9.63 Å². The van der Waals surface area contributed by atoms with Crippen LogP contribution in [-0.4, -0.2) is 26.6 Å². The number of nitrogens with one attached hydrogen (secondary N) is 2. The Balaban J connectivity index is 3.36. The minimum absolute atomic E-state index is 0.252. The van der Waals surface area contributed by atoms with Gasteiger partial charge in [-0.1, -0.05) is 6.08 Å². The molecule has 0 bridgehead atoms. The van der Waals surface area contributed by atoms with Gasteiger partial charge in [0.05, 0.1) is 7.11 Å². The van der Waals surface area contributed by atoms with Crippen molar-refractivity contribution >= 4 is 5.91 Å². The number of amides is 1. The highest BCUT2D eigenvalue weighted by Crippen LogP contribution is 1.70. The highest BCUT2D eigenvalue weighted by atomic mass is 16.6. The third kappa shape index (κ3) is 5.27. The normalized spacial score (nSPS) is 10.2. The monoisotopic (exact) mass is 144 g/mol. The second kappa shape index (κ2) is 6.25. The lowest BCUT2D eigenvalue weighted by molar-refractivity contribution is -0.126. The number of likely N-dealkylation sites (N-methyl/N-ethyl adjacent to an activating group) is 1. The van der Waals surface area contributed by atoms with E-state index in [0.29, 0.717) is 6.54 Å². The van der Waals surface area contributed by atoms with Crippen LogP contribution >= 0.6 is 0 Å². The minimum atomic E-state index is -0.252. The molecule has 0 saturated carbocycles. The number of carbonyl (C=O) groups is 1. The van der Waals surface area contributed by atoms with Crippen molar-refractivity contribution in [3.63, 3.8) is 0 Å². The highest BCUT2D eigenvalue weighted by Gasteiger charge is 1.88. The van der Waals surface area contributed by atoms with Gasteiger partial charge in [0.25, 0.3) is 5.91 Å². The first-order valence-corrected chi connectivity index (χ1v) is 2.95. The molecule has 0 aliphatic carbocycles. The van der Waals surface area contributed by atoms with E-state index in [1.54, 1.807) is 13.1 Å². The Morgan fingerprint density at radius 2 is 2.40 bits per heavy atom. The van der Waals surface area contributed by atoms with Gasteiger partial charge in [0.2, 0.25) is 0 Å². The molecule has 0 aromatic rings. The molecule has 0 spiro atoms. The average Bonchev–Trinajstić information content (AvgIpc) is 1.89. The van der Waals surface area contributed by atoms with E-state index in [9.17, 15) is 4.79 Å². The fourth-order valence-electron chi connectivity index (χ4n) is 0.418. The van der Waals surface area contributed by atoms with Crippen LogP contribution in [0.2, 0.25) is 0 Å². The van der Waals surface area contributed by atoms with E-state index in [4.69, 9.17) is 0 Å². The number of hydrogen-bond acceptors (Lipinski definition) is 3. The zero-order valence-corrected chi connectivity index (χ0v) is 6.18. The van der Waals surface area contributed by atoms with Crippen LogP contribution in [0.25, 0.3) is 0 Å². The van der Waals surface area contributed by atoms with Crippen LogP contribution < -0.4 is 10.8 Å². The van der Waals surface area contributed by atoms with Gasteiger partial charge in [-0.25, -0.2) is 5.48 Å². The number of hydroxylamine groups is 1. The van der Waals surface area contributed by atoms with Crippen molar-refractivity contribution in [1.82, 2.24) is 10.8 Å². The first-order chi connectivity index (χ1) is 4.81. The molecule has 0 atom stereocenters. The SMILES string of the molecule is CNC/C=C/C(=O)NOC. The van der Waals surface area contributed by atoms with Crippen molar-refractivity contribution < 1.29 is 9.63 Å². The van der Waals surface area contributed by atoms with Crippen molar-refractivity contribution in [2.45, 2.75) is 0 Å². The van der Waals surface area contributed by atoms with Crippen molar-refractivity contribution in [2.24, 2.45) is 0 Å². The molecule has 0 aromatic carbocycles. The predicted octanol–water partition coefficient (Wildman–Crippen LogP) is -0.560. The van der Waals surface area contributed by atoms with E-state index >= 15 is 0 Å². The molecular formula is C6H12N2O2. The van der Waals surface area contributed by atoms with E-state index in [1.165, 1.54) is 13.2 Å². The largest absolute Gasteiger partial charge is 0.316 e. The van der Waals surface area contributed by atoms with Crippen molar-refractivity contribution in [2.75, 3.05) is 20.7 Å². The minimum Gasteiger partial charge on any atom is -0.316 e. The lowest BCUT2D eigenvalue weighted by atomic mass is 10.5. The topological polar surface area (TPSA) is 50.4 Å². The summed E-state index contributed by atoms with van der Waals surface area (Å²) in [5.41, 5.74) is 2.15. The lowest BCUT2D eigenvalue weighted by Crippen LogP contribution is -2.19. The van der Waals surface area contributed by atoms with Gasteiger partial charge < -0.3 is 5.32 Å². The first-order valence-electron chi connectivity index (χ1n) is 2.95. The molecular weight excluding hydrogens is 132 g/mol. The molecule has 2 N–H and O–H groups in total. The van der Waals surface area contributed by atoms with Gasteiger partial charge in [-0.05, 0) is 7.05 Å². The summed E-state index contributed by atoms with van der Waals surface area (Å²) in [6, 6.07) is 0. The molecule has 0 aliphatic heterocycles. The molecule has 1 amide bonds. The van der Waals surface area contributed by atoms with Crippen molar-refractivity contribution in [3.8, 4) is 0 Å². The maximum atomic E-state index is 10.6. The fraction of sp³-hybridized carbons (Fsp3) is 0.500. The van der Waals surface area contributed by atoms with Crippen molar-refractivity contribution in [3.05, 3.63) is 12.2 Å². The summed E-state index contributed by atoms with van der Waals surface area (Å²) in [5.74, 6) is -0.252. The van der Waals surface area contributed by atoms with E-state index in [2.05, 4.69) is 15.6 Å². The Labute approximate surface area is 60.2 Å². The Hall–Kier alpha value is -0.870. The van der Waals surface area contributed by atoms with Gasteiger partial charge in [-0.2, -0.15) is 0 Å². The van der Waals surface area contributed by atoms with Crippen LogP contribution in [0.4, 0.5) is 0 Å². The van der Waals surface area contributed by atoms with Crippen LogP contribution in [0.5, 0.6) is 0 Å². The van der Waals surface area contributed by atoms with Gasteiger partial charge in [0, 0.05) is 12.6 Å². The Kier molecular flexibility index (Phi) is 5.71. The Morgan fingerprint density at radius 1 is 1.70 bits per heavy atom. The maximum Gasteiger partial charge on any atom is 0.267 e. The summed E-state index contributed by atoms with van der Waals surface area (Å²) in [6.07, 6.45) is 3.11. The highest BCUT2D eigenvalue weighted by molar-refractivity contribution is 5.86. The molecule has 0 saturated heterocycles. The summed E-state index contributed by atoms with van der Waals surface area (Å²) in [7, 11) is 3.20. The molecule has 0 heterocycles. The third-order valence-corrected chi connectivity index (χ3v) is 0.794. The molecule has 0 unspecified atom stereocenters. The predicted molar refractivity (Wildman–Crippen MR) is 38.2 cm³/mol. The zero-order chi connectivity index (χ0) is 7.82. The van der Waals surface area contributed by atoms with E-state index in [-0.39, 0.29) is 5.91 Å².